The van der Waals surface area contributed by atoms with Gasteiger partial charge in [-0.3, -0.25) is 19.5 Å². The van der Waals surface area contributed by atoms with Crippen LogP contribution in [-0.2, 0) is 22.7 Å². The number of fused-ring (bicyclic) bond motifs is 2. The summed E-state index contributed by atoms with van der Waals surface area (Å²) in [6.07, 6.45) is 2.69. The number of hydrogen-bond acceptors (Lipinski definition) is 4. The van der Waals surface area contributed by atoms with Crippen molar-refractivity contribution in [3.8, 4) is 0 Å². The van der Waals surface area contributed by atoms with E-state index < -0.39 is 6.04 Å². The van der Waals surface area contributed by atoms with Crippen LogP contribution in [0.15, 0.2) is 66.9 Å². The first kappa shape index (κ1) is 19.7. The number of nitrogens with zero attached hydrogens (tertiary/aromatic N) is 4. The van der Waals surface area contributed by atoms with Crippen molar-refractivity contribution < 1.29 is 9.59 Å². The fraction of sp³-hybridized carbons (Fsp3) is 0.320. The Morgan fingerprint density at radius 2 is 1.74 bits per heavy atom. The number of carbonyl (C=O) groups excluding carboxylic acids is 2. The van der Waals surface area contributed by atoms with Crippen molar-refractivity contribution in [1.82, 2.24) is 19.7 Å². The van der Waals surface area contributed by atoms with Crippen LogP contribution in [0.2, 0.25) is 0 Å². The van der Waals surface area contributed by atoms with Crippen molar-refractivity contribution in [2.24, 2.45) is 0 Å². The molecule has 3 aromatic rings. The Hall–Kier alpha value is -3.25. The summed E-state index contributed by atoms with van der Waals surface area (Å²) in [5.41, 5.74) is 3.20. The lowest BCUT2D eigenvalue weighted by atomic mass is 10.1. The molecule has 0 bridgehead atoms. The van der Waals surface area contributed by atoms with Gasteiger partial charge in [-0.25, -0.2) is 0 Å². The summed E-state index contributed by atoms with van der Waals surface area (Å²) in [5.74, 6) is 0.0978. The van der Waals surface area contributed by atoms with Crippen molar-refractivity contribution in [2.75, 3.05) is 26.2 Å². The molecule has 0 saturated carbocycles. The first-order valence-corrected chi connectivity index (χ1v) is 10.9. The van der Waals surface area contributed by atoms with Gasteiger partial charge < -0.3 is 9.80 Å². The molecule has 5 rings (SSSR count). The summed E-state index contributed by atoms with van der Waals surface area (Å²) in [4.78, 5) is 36.6. The lowest BCUT2D eigenvalue weighted by Crippen LogP contribution is -2.61. The number of rotatable bonds is 4. The molecule has 6 nitrogen and oxygen atoms in total. The van der Waals surface area contributed by atoms with Crippen LogP contribution in [0.25, 0.3) is 10.9 Å². The van der Waals surface area contributed by atoms with Crippen LogP contribution in [0, 0.1) is 0 Å². The molecule has 0 spiro atoms. The van der Waals surface area contributed by atoms with Gasteiger partial charge in [0, 0.05) is 44.3 Å². The normalized spacial score (nSPS) is 20.1. The van der Waals surface area contributed by atoms with Crippen LogP contribution < -0.4 is 0 Å². The number of piperazine rings is 1. The zero-order valence-electron chi connectivity index (χ0n) is 17.5. The molecule has 2 aromatic carbocycles. The molecule has 2 amide bonds. The molecule has 1 atom stereocenters. The van der Waals surface area contributed by atoms with Gasteiger partial charge in [-0.05, 0) is 23.6 Å². The molecular formula is C25H26N4O2. The van der Waals surface area contributed by atoms with Gasteiger partial charge in [0.05, 0.1) is 5.52 Å². The maximum Gasteiger partial charge on any atom is 0.247 e. The molecular weight excluding hydrogens is 388 g/mol. The average molecular weight is 415 g/mol. The number of amides is 2. The second kappa shape index (κ2) is 8.47. The first-order valence-electron chi connectivity index (χ1n) is 10.9. The molecule has 0 N–H and O–H groups in total. The Bertz CT molecular complexity index is 1100. The SMILES string of the molecule is O=C1C2CN(Cc3cccc4cccnc34)CCCN2C(=O)CN1Cc1ccccc1. The standard InChI is InChI=1S/C25H26N4O2/c30-23-18-28(15-19-7-2-1-3-8-19)25(31)22-17-27(13-6-14-29(22)23)16-21-10-4-9-20-11-5-12-26-24(20)21/h1-5,7-12,22H,6,13-18H2. The van der Waals surface area contributed by atoms with Gasteiger partial charge >= 0.3 is 0 Å². The van der Waals surface area contributed by atoms with E-state index in [1.165, 1.54) is 0 Å². The summed E-state index contributed by atoms with van der Waals surface area (Å²) in [5, 5.41) is 1.12. The molecule has 2 aliphatic rings. The van der Waals surface area contributed by atoms with Crippen molar-refractivity contribution in [3.63, 3.8) is 0 Å². The predicted octanol–water partition coefficient (Wildman–Crippen LogP) is 2.68. The summed E-state index contributed by atoms with van der Waals surface area (Å²) >= 11 is 0. The Morgan fingerprint density at radius 3 is 2.61 bits per heavy atom. The molecule has 158 valence electrons. The van der Waals surface area contributed by atoms with E-state index in [1.54, 1.807) is 9.80 Å². The largest absolute Gasteiger partial charge is 0.328 e. The predicted molar refractivity (Wildman–Crippen MR) is 119 cm³/mol. The molecule has 0 aliphatic carbocycles. The maximum atomic E-state index is 13.4. The van der Waals surface area contributed by atoms with E-state index in [4.69, 9.17) is 0 Å². The molecule has 2 fully saturated rings. The van der Waals surface area contributed by atoms with E-state index >= 15 is 0 Å². The van der Waals surface area contributed by atoms with E-state index in [0.29, 0.717) is 19.6 Å². The maximum absolute atomic E-state index is 13.4. The Morgan fingerprint density at radius 1 is 0.903 bits per heavy atom. The highest BCUT2D eigenvalue weighted by molar-refractivity contribution is 5.95. The zero-order valence-corrected chi connectivity index (χ0v) is 17.5. The number of benzene rings is 2. The van der Waals surface area contributed by atoms with E-state index in [-0.39, 0.29) is 18.4 Å². The van der Waals surface area contributed by atoms with Crippen molar-refractivity contribution in [3.05, 3.63) is 78.0 Å². The summed E-state index contributed by atoms with van der Waals surface area (Å²) in [7, 11) is 0. The highest BCUT2D eigenvalue weighted by atomic mass is 16.2. The molecule has 1 unspecified atom stereocenters. The number of carbonyl (C=O) groups is 2. The summed E-state index contributed by atoms with van der Waals surface area (Å²) in [6.45, 7) is 3.41. The van der Waals surface area contributed by atoms with Gasteiger partial charge in [0.1, 0.15) is 12.6 Å². The topological polar surface area (TPSA) is 56.8 Å². The third-order valence-electron chi connectivity index (χ3n) is 6.25. The quantitative estimate of drug-likeness (QED) is 0.659. The first-order chi connectivity index (χ1) is 15.2. The molecule has 0 radical (unpaired) electrons. The lowest BCUT2D eigenvalue weighted by Gasteiger charge is -2.40. The van der Waals surface area contributed by atoms with Gasteiger partial charge in [0.15, 0.2) is 0 Å². The average Bonchev–Trinajstić information content (AvgIpc) is 3.01. The third kappa shape index (κ3) is 4.03. The summed E-state index contributed by atoms with van der Waals surface area (Å²) in [6, 6.07) is 19.7. The molecule has 6 heteroatoms. The third-order valence-corrected chi connectivity index (χ3v) is 6.25. The second-order valence-corrected chi connectivity index (χ2v) is 8.36. The molecule has 3 heterocycles. The Kier molecular flexibility index (Phi) is 5.38. The van der Waals surface area contributed by atoms with Crippen molar-refractivity contribution in [2.45, 2.75) is 25.6 Å². The minimum atomic E-state index is -0.421. The monoisotopic (exact) mass is 414 g/mol. The minimum Gasteiger partial charge on any atom is -0.328 e. The second-order valence-electron chi connectivity index (χ2n) is 8.36. The van der Waals surface area contributed by atoms with Gasteiger partial charge in [0.25, 0.3) is 0 Å². The van der Waals surface area contributed by atoms with E-state index in [2.05, 4.69) is 34.1 Å². The van der Waals surface area contributed by atoms with Crippen LogP contribution in [0.1, 0.15) is 17.5 Å². The Labute approximate surface area is 182 Å². The van der Waals surface area contributed by atoms with Crippen molar-refractivity contribution in [1.29, 1.82) is 0 Å². The molecule has 1 aromatic heterocycles. The lowest BCUT2D eigenvalue weighted by molar-refractivity contribution is -0.156. The minimum absolute atomic E-state index is 0.0476. The number of hydrogen-bond donors (Lipinski definition) is 0. The highest BCUT2D eigenvalue weighted by Gasteiger charge is 2.41. The number of pyridine rings is 1. The fourth-order valence-corrected chi connectivity index (χ4v) is 4.72. The highest BCUT2D eigenvalue weighted by Crippen LogP contribution is 2.23. The van der Waals surface area contributed by atoms with Gasteiger partial charge in [0.2, 0.25) is 11.8 Å². The van der Waals surface area contributed by atoms with E-state index in [9.17, 15) is 9.59 Å². The Balaban J connectivity index is 1.36. The van der Waals surface area contributed by atoms with Crippen LogP contribution in [-0.4, -0.2) is 63.7 Å². The van der Waals surface area contributed by atoms with Crippen LogP contribution >= 0.6 is 0 Å². The summed E-state index contributed by atoms with van der Waals surface area (Å²) < 4.78 is 0. The van der Waals surface area contributed by atoms with Crippen LogP contribution in [0.3, 0.4) is 0 Å². The van der Waals surface area contributed by atoms with Crippen LogP contribution in [0.4, 0.5) is 0 Å². The van der Waals surface area contributed by atoms with Crippen LogP contribution in [0.5, 0.6) is 0 Å². The van der Waals surface area contributed by atoms with Gasteiger partial charge in [-0.2, -0.15) is 0 Å². The van der Waals surface area contributed by atoms with Gasteiger partial charge in [-0.15, -0.1) is 0 Å². The molecule has 2 aliphatic heterocycles. The molecule has 2 saturated heterocycles. The fourth-order valence-electron chi connectivity index (χ4n) is 4.72. The van der Waals surface area contributed by atoms with Crippen molar-refractivity contribution >= 4 is 22.7 Å². The smallest absolute Gasteiger partial charge is 0.247 e. The number of aromatic nitrogens is 1. The van der Waals surface area contributed by atoms with Gasteiger partial charge in [-0.1, -0.05) is 54.6 Å². The number of para-hydroxylation sites is 1. The zero-order chi connectivity index (χ0) is 21.2. The molecule has 31 heavy (non-hydrogen) atoms. The van der Waals surface area contributed by atoms with E-state index in [1.807, 2.05) is 42.6 Å². The van der Waals surface area contributed by atoms with E-state index in [0.717, 1.165) is 41.5 Å².